The second-order valence-electron chi connectivity index (χ2n) is 5.38. The van der Waals surface area contributed by atoms with Crippen molar-refractivity contribution in [2.24, 2.45) is 5.73 Å². The molecular weight excluding hydrogens is 278 g/mol. The van der Waals surface area contributed by atoms with Crippen LogP contribution in [0.3, 0.4) is 0 Å². The lowest BCUT2D eigenvalue weighted by Gasteiger charge is -2.27. The fourth-order valence-corrected chi connectivity index (χ4v) is 2.27. The first-order valence-corrected chi connectivity index (χ1v) is 7.14. The number of methoxy groups -OCH3 is 1. The zero-order valence-electron chi connectivity index (χ0n) is 12.9. The van der Waals surface area contributed by atoms with Crippen molar-refractivity contribution in [1.82, 2.24) is 0 Å². The molecule has 4 nitrogen and oxygen atoms in total. The topological polar surface area (TPSA) is 61.5 Å². The monoisotopic (exact) mass is 299 g/mol. The third kappa shape index (κ3) is 4.09. The largest absolute Gasteiger partial charge is 0.489 e. The summed E-state index contributed by atoms with van der Waals surface area (Å²) in [4.78, 5) is 11.2. The van der Waals surface area contributed by atoms with E-state index >= 15 is 0 Å². The maximum atomic E-state index is 11.2. The molecule has 0 saturated carbocycles. The highest BCUT2D eigenvalue weighted by Crippen LogP contribution is 2.29. The van der Waals surface area contributed by atoms with Crippen molar-refractivity contribution in [2.75, 3.05) is 7.11 Å². The molecule has 0 radical (unpaired) electrons. The van der Waals surface area contributed by atoms with Crippen molar-refractivity contribution in [3.63, 3.8) is 0 Å². The molecular formula is C18H21NO3. The summed E-state index contributed by atoms with van der Waals surface area (Å²) in [6.45, 7) is 2.36. The van der Waals surface area contributed by atoms with Crippen LogP contribution in [0.5, 0.6) is 5.75 Å². The molecule has 0 heterocycles. The smallest absolute Gasteiger partial charge is 0.220 e. The molecule has 22 heavy (non-hydrogen) atoms. The molecule has 2 aromatic carbocycles. The molecule has 0 bridgehead atoms. The van der Waals surface area contributed by atoms with Crippen molar-refractivity contribution < 1.29 is 14.3 Å². The molecule has 4 heteroatoms. The zero-order valence-corrected chi connectivity index (χ0v) is 12.9. The van der Waals surface area contributed by atoms with E-state index in [0.717, 1.165) is 16.9 Å². The molecule has 0 aliphatic heterocycles. The van der Waals surface area contributed by atoms with Gasteiger partial charge in [-0.1, -0.05) is 42.5 Å². The molecule has 0 spiro atoms. The Morgan fingerprint density at radius 2 is 1.73 bits per heavy atom. The van der Waals surface area contributed by atoms with E-state index in [9.17, 15) is 4.79 Å². The van der Waals surface area contributed by atoms with Crippen LogP contribution >= 0.6 is 0 Å². The molecule has 0 aromatic heterocycles. The lowest BCUT2D eigenvalue weighted by Crippen LogP contribution is -2.30. The Hall–Kier alpha value is -2.33. The van der Waals surface area contributed by atoms with Crippen LogP contribution in [0.25, 0.3) is 0 Å². The molecule has 1 unspecified atom stereocenters. The number of carbonyl (C=O) groups is 1. The van der Waals surface area contributed by atoms with Crippen molar-refractivity contribution >= 4 is 5.91 Å². The number of hydrogen-bond acceptors (Lipinski definition) is 3. The van der Waals surface area contributed by atoms with E-state index in [4.69, 9.17) is 15.2 Å². The quantitative estimate of drug-likeness (QED) is 0.855. The highest BCUT2D eigenvalue weighted by Gasteiger charge is 2.28. The summed E-state index contributed by atoms with van der Waals surface area (Å²) in [7, 11) is 1.57. The Labute approximate surface area is 130 Å². The molecule has 0 fully saturated rings. The van der Waals surface area contributed by atoms with Crippen LogP contribution < -0.4 is 10.5 Å². The Balaban J connectivity index is 2.04. The Morgan fingerprint density at radius 3 is 2.27 bits per heavy atom. The van der Waals surface area contributed by atoms with Crippen LogP contribution in [-0.4, -0.2) is 13.0 Å². The van der Waals surface area contributed by atoms with Gasteiger partial charge in [-0.15, -0.1) is 0 Å². The molecule has 0 aliphatic carbocycles. The van der Waals surface area contributed by atoms with Gasteiger partial charge < -0.3 is 15.2 Å². The van der Waals surface area contributed by atoms with E-state index in [1.54, 1.807) is 7.11 Å². The van der Waals surface area contributed by atoms with E-state index in [0.29, 0.717) is 6.61 Å². The van der Waals surface area contributed by atoms with Crippen LogP contribution in [0.2, 0.25) is 0 Å². The minimum absolute atomic E-state index is 0.133. The normalized spacial score (nSPS) is 13.4. The standard InChI is InChI=1S/C18H21NO3/c1-18(21-2,12-17(19)20)15-8-10-16(11-9-15)22-13-14-6-4-3-5-7-14/h3-11H,12-13H2,1-2H3,(H2,19,20). The van der Waals surface area contributed by atoms with Crippen molar-refractivity contribution in [3.05, 3.63) is 65.7 Å². The summed E-state index contributed by atoms with van der Waals surface area (Å²) in [5.41, 5.74) is 6.57. The highest BCUT2D eigenvalue weighted by atomic mass is 16.5. The van der Waals surface area contributed by atoms with Gasteiger partial charge in [-0.2, -0.15) is 0 Å². The van der Waals surface area contributed by atoms with Crippen LogP contribution in [0, 0.1) is 0 Å². The molecule has 2 aromatic rings. The maximum Gasteiger partial charge on any atom is 0.220 e. The summed E-state index contributed by atoms with van der Waals surface area (Å²) in [6, 6.07) is 17.5. The average Bonchev–Trinajstić information content (AvgIpc) is 2.53. The van der Waals surface area contributed by atoms with Gasteiger partial charge in [0.15, 0.2) is 0 Å². The number of nitrogens with two attached hydrogens (primary N) is 1. The van der Waals surface area contributed by atoms with Crippen molar-refractivity contribution in [2.45, 2.75) is 25.6 Å². The Kier molecular flexibility index (Phi) is 5.17. The number of hydrogen-bond donors (Lipinski definition) is 1. The van der Waals surface area contributed by atoms with Gasteiger partial charge in [-0.05, 0) is 30.2 Å². The summed E-state index contributed by atoms with van der Waals surface area (Å²) in [5, 5.41) is 0. The minimum Gasteiger partial charge on any atom is -0.489 e. The number of primary amides is 1. The van der Waals surface area contributed by atoms with Gasteiger partial charge in [-0.3, -0.25) is 4.79 Å². The summed E-state index contributed by atoms with van der Waals surface area (Å²) >= 11 is 0. The first-order valence-electron chi connectivity index (χ1n) is 7.14. The predicted molar refractivity (Wildman–Crippen MR) is 85.4 cm³/mol. The van der Waals surface area contributed by atoms with Gasteiger partial charge in [0.05, 0.1) is 12.0 Å². The molecule has 0 saturated heterocycles. The molecule has 0 aliphatic rings. The molecule has 1 amide bonds. The second-order valence-corrected chi connectivity index (χ2v) is 5.38. The van der Waals surface area contributed by atoms with E-state index in [1.165, 1.54) is 0 Å². The van der Waals surface area contributed by atoms with Crippen LogP contribution in [0.15, 0.2) is 54.6 Å². The lowest BCUT2D eigenvalue weighted by molar-refractivity contribution is -0.124. The van der Waals surface area contributed by atoms with E-state index in [-0.39, 0.29) is 6.42 Å². The molecule has 116 valence electrons. The summed E-state index contributed by atoms with van der Waals surface area (Å²) in [6.07, 6.45) is 0.133. The first-order chi connectivity index (χ1) is 10.5. The molecule has 2 N–H and O–H groups in total. The number of ether oxygens (including phenoxy) is 2. The third-order valence-electron chi connectivity index (χ3n) is 3.68. The highest BCUT2D eigenvalue weighted by molar-refractivity contribution is 5.75. The number of benzene rings is 2. The predicted octanol–water partition coefficient (Wildman–Crippen LogP) is 3.00. The van der Waals surface area contributed by atoms with Gasteiger partial charge in [0.25, 0.3) is 0 Å². The lowest BCUT2D eigenvalue weighted by atomic mass is 9.92. The van der Waals surface area contributed by atoms with Gasteiger partial charge in [0.1, 0.15) is 12.4 Å². The first kappa shape index (κ1) is 16.0. The fraction of sp³-hybridized carbons (Fsp3) is 0.278. The van der Waals surface area contributed by atoms with Crippen LogP contribution in [-0.2, 0) is 21.7 Å². The second kappa shape index (κ2) is 7.09. The number of rotatable bonds is 7. The van der Waals surface area contributed by atoms with E-state index in [2.05, 4.69) is 0 Å². The van der Waals surface area contributed by atoms with E-state index in [1.807, 2.05) is 61.5 Å². The molecule has 2 rings (SSSR count). The summed E-state index contributed by atoms with van der Waals surface area (Å²) < 4.78 is 11.2. The van der Waals surface area contributed by atoms with Crippen LogP contribution in [0.4, 0.5) is 0 Å². The van der Waals surface area contributed by atoms with Crippen molar-refractivity contribution in [3.8, 4) is 5.75 Å². The van der Waals surface area contributed by atoms with Crippen molar-refractivity contribution in [1.29, 1.82) is 0 Å². The number of amides is 1. The Bertz CT molecular complexity index is 610. The van der Waals surface area contributed by atoms with Crippen LogP contribution in [0.1, 0.15) is 24.5 Å². The van der Waals surface area contributed by atoms with Gasteiger partial charge >= 0.3 is 0 Å². The summed E-state index contributed by atoms with van der Waals surface area (Å²) in [5.74, 6) is 0.374. The zero-order chi connectivity index (χ0) is 16.0. The Morgan fingerprint density at radius 1 is 1.09 bits per heavy atom. The third-order valence-corrected chi connectivity index (χ3v) is 3.68. The molecule has 1 atom stereocenters. The minimum atomic E-state index is -0.718. The van der Waals surface area contributed by atoms with Gasteiger partial charge in [-0.25, -0.2) is 0 Å². The van der Waals surface area contributed by atoms with Gasteiger partial charge in [0.2, 0.25) is 5.91 Å². The maximum absolute atomic E-state index is 11.2. The fourth-order valence-electron chi connectivity index (χ4n) is 2.27. The van der Waals surface area contributed by atoms with Gasteiger partial charge in [0, 0.05) is 7.11 Å². The SMILES string of the molecule is COC(C)(CC(N)=O)c1ccc(OCc2ccccc2)cc1. The average molecular weight is 299 g/mol. The number of carbonyl (C=O) groups excluding carboxylic acids is 1. The van der Waals surface area contributed by atoms with E-state index < -0.39 is 11.5 Å².